The van der Waals surface area contributed by atoms with Gasteiger partial charge in [-0.25, -0.2) is 9.78 Å². The zero-order valence-corrected chi connectivity index (χ0v) is 9.18. The van der Waals surface area contributed by atoms with Crippen LogP contribution in [-0.4, -0.2) is 22.6 Å². The molecule has 0 saturated heterocycles. The Hall–Kier alpha value is -2.36. The van der Waals surface area contributed by atoms with E-state index in [9.17, 15) is 4.79 Å². The van der Waals surface area contributed by atoms with Crippen LogP contribution in [0.25, 0.3) is 10.9 Å². The molecule has 0 radical (unpaired) electrons. The van der Waals surface area contributed by atoms with E-state index in [1.54, 1.807) is 12.1 Å². The predicted octanol–water partition coefficient (Wildman–Crippen LogP) is 2.53. The van der Waals surface area contributed by atoms with Crippen molar-refractivity contribution in [2.75, 3.05) is 11.9 Å². The van der Waals surface area contributed by atoms with E-state index in [4.69, 9.17) is 5.11 Å². The molecule has 0 aliphatic rings. The van der Waals surface area contributed by atoms with Crippen LogP contribution in [0.1, 0.15) is 10.4 Å². The number of hydrogen-bond donors (Lipinski definition) is 2. The first-order valence-electron chi connectivity index (χ1n) is 5.20. The predicted molar refractivity (Wildman–Crippen MR) is 67.4 cm³/mol. The van der Waals surface area contributed by atoms with Gasteiger partial charge in [0.25, 0.3) is 0 Å². The number of nitrogens with one attached hydrogen (secondary N) is 1. The van der Waals surface area contributed by atoms with Gasteiger partial charge in [-0.3, -0.25) is 0 Å². The SMILES string of the molecule is C=CCNc1nc2ccccc2cc1C(=O)O. The summed E-state index contributed by atoms with van der Waals surface area (Å²) in [6.07, 6.45) is 1.66. The number of rotatable bonds is 4. The minimum Gasteiger partial charge on any atom is -0.478 e. The normalized spacial score (nSPS) is 10.1. The highest BCUT2D eigenvalue weighted by molar-refractivity contribution is 5.98. The smallest absolute Gasteiger partial charge is 0.339 e. The zero-order chi connectivity index (χ0) is 12.3. The molecular formula is C13H12N2O2. The third-order valence-corrected chi connectivity index (χ3v) is 2.37. The van der Waals surface area contributed by atoms with E-state index in [0.717, 1.165) is 10.9 Å². The number of carboxylic acids is 1. The molecule has 4 nitrogen and oxygen atoms in total. The number of hydrogen-bond acceptors (Lipinski definition) is 3. The van der Waals surface area contributed by atoms with E-state index in [1.807, 2.05) is 24.3 Å². The first-order chi connectivity index (χ1) is 8.22. The Morgan fingerprint density at radius 1 is 1.47 bits per heavy atom. The number of aromatic carboxylic acids is 1. The molecule has 17 heavy (non-hydrogen) atoms. The zero-order valence-electron chi connectivity index (χ0n) is 9.18. The van der Waals surface area contributed by atoms with Crippen LogP contribution in [0.4, 0.5) is 5.82 Å². The van der Waals surface area contributed by atoms with Gasteiger partial charge in [0.2, 0.25) is 0 Å². The van der Waals surface area contributed by atoms with Crippen LogP contribution >= 0.6 is 0 Å². The fourth-order valence-corrected chi connectivity index (χ4v) is 1.58. The van der Waals surface area contributed by atoms with Crippen LogP contribution in [0.3, 0.4) is 0 Å². The van der Waals surface area contributed by atoms with Gasteiger partial charge in [0.05, 0.1) is 5.52 Å². The van der Waals surface area contributed by atoms with E-state index >= 15 is 0 Å². The first kappa shape index (κ1) is 11.1. The lowest BCUT2D eigenvalue weighted by molar-refractivity contribution is 0.0698. The standard InChI is InChI=1S/C13H12N2O2/c1-2-7-14-12-10(13(16)17)8-9-5-3-4-6-11(9)15-12/h2-6,8H,1,7H2,(H,14,15)(H,16,17). The van der Waals surface area contributed by atoms with E-state index in [-0.39, 0.29) is 5.56 Å². The molecule has 86 valence electrons. The maximum atomic E-state index is 11.1. The number of aromatic nitrogens is 1. The first-order valence-corrected chi connectivity index (χ1v) is 5.20. The van der Waals surface area contributed by atoms with Crippen LogP contribution < -0.4 is 5.32 Å². The summed E-state index contributed by atoms with van der Waals surface area (Å²) < 4.78 is 0. The van der Waals surface area contributed by atoms with Crippen LogP contribution in [0.15, 0.2) is 43.0 Å². The second-order valence-corrected chi connectivity index (χ2v) is 3.55. The Labute approximate surface area is 98.6 Å². The van der Waals surface area contributed by atoms with Crippen molar-refractivity contribution in [1.29, 1.82) is 0 Å². The molecular weight excluding hydrogens is 216 g/mol. The van der Waals surface area contributed by atoms with Gasteiger partial charge in [-0.15, -0.1) is 6.58 Å². The molecule has 1 aromatic carbocycles. The summed E-state index contributed by atoms with van der Waals surface area (Å²) >= 11 is 0. The lowest BCUT2D eigenvalue weighted by Gasteiger charge is -2.08. The van der Waals surface area contributed by atoms with Crippen molar-refractivity contribution in [3.63, 3.8) is 0 Å². The van der Waals surface area contributed by atoms with Crippen molar-refractivity contribution < 1.29 is 9.90 Å². The molecule has 0 spiro atoms. The molecule has 1 heterocycles. The number of benzene rings is 1. The summed E-state index contributed by atoms with van der Waals surface area (Å²) in [7, 11) is 0. The van der Waals surface area contributed by atoms with Crippen molar-refractivity contribution in [3.05, 3.63) is 48.6 Å². The number of anilines is 1. The second-order valence-electron chi connectivity index (χ2n) is 3.55. The van der Waals surface area contributed by atoms with Gasteiger partial charge in [0.1, 0.15) is 11.4 Å². The Balaban J connectivity index is 2.57. The van der Waals surface area contributed by atoms with Crippen molar-refractivity contribution in [2.45, 2.75) is 0 Å². The number of nitrogens with zero attached hydrogens (tertiary/aromatic N) is 1. The number of carbonyl (C=O) groups is 1. The summed E-state index contributed by atoms with van der Waals surface area (Å²) in [6, 6.07) is 9.03. The van der Waals surface area contributed by atoms with E-state index < -0.39 is 5.97 Å². The highest BCUT2D eigenvalue weighted by atomic mass is 16.4. The number of carboxylic acid groups (broad SMARTS) is 1. The molecule has 4 heteroatoms. The molecule has 0 aliphatic carbocycles. The lowest BCUT2D eigenvalue weighted by Crippen LogP contribution is -2.08. The molecule has 0 bridgehead atoms. The summed E-state index contributed by atoms with van der Waals surface area (Å²) in [4.78, 5) is 15.4. The van der Waals surface area contributed by atoms with Crippen LogP contribution in [0.2, 0.25) is 0 Å². The van der Waals surface area contributed by atoms with Gasteiger partial charge in [-0.05, 0) is 12.1 Å². The maximum Gasteiger partial charge on any atom is 0.339 e. The second kappa shape index (κ2) is 4.65. The Kier molecular flexibility index (Phi) is 3.05. The third kappa shape index (κ3) is 2.25. The van der Waals surface area contributed by atoms with E-state index in [2.05, 4.69) is 16.9 Å². The van der Waals surface area contributed by atoms with Crippen LogP contribution in [0, 0.1) is 0 Å². The highest BCUT2D eigenvalue weighted by Crippen LogP contribution is 2.20. The minimum atomic E-state index is -0.991. The Morgan fingerprint density at radius 3 is 2.94 bits per heavy atom. The number of fused-ring (bicyclic) bond motifs is 1. The topological polar surface area (TPSA) is 62.2 Å². The van der Waals surface area contributed by atoms with Gasteiger partial charge < -0.3 is 10.4 Å². The van der Waals surface area contributed by atoms with Crippen LogP contribution in [-0.2, 0) is 0 Å². The minimum absolute atomic E-state index is 0.172. The number of pyridine rings is 1. The van der Waals surface area contributed by atoms with Crippen molar-refractivity contribution >= 4 is 22.7 Å². The monoisotopic (exact) mass is 228 g/mol. The summed E-state index contributed by atoms with van der Waals surface area (Å²) in [5.41, 5.74) is 0.939. The quantitative estimate of drug-likeness (QED) is 0.789. The molecule has 0 saturated carbocycles. The molecule has 0 unspecified atom stereocenters. The van der Waals surface area contributed by atoms with E-state index in [0.29, 0.717) is 12.4 Å². The fourth-order valence-electron chi connectivity index (χ4n) is 1.58. The van der Waals surface area contributed by atoms with Crippen LogP contribution in [0.5, 0.6) is 0 Å². The van der Waals surface area contributed by atoms with Crippen molar-refractivity contribution in [2.24, 2.45) is 0 Å². The molecule has 2 N–H and O–H groups in total. The van der Waals surface area contributed by atoms with Gasteiger partial charge in [-0.1, -0.05) is 24.3 Å². The summed E-state index contributed by atoms with van der Waals surface area (Å²) in [5.74, 6) is -0.620. The summed E-state index contributed by atoms with van der Waals surface area (Å²) in [5, 5.41) is 12.9. The van der Waals surface area contributed by atoms with Gasteiger partial charge in [0.15, 0.2) is 0 Å². The average molecular weight is 228 g/mol. The number of para-hydroxylation sites is 1. The van der Waals surface area contributed by atoms with Crippen molar-refractivity contribution in [1.82, 2.24) is 4.98 Å². The maximum absolute atomic E-state index is 11.1. The van der Waals surface area contributed by atoms with E-state index in [1.165, 1.54) is 0 Å². The lowest BCUT2D eigenvalue weighted by atomic mass is 10.1. The largest absolute Gasteiger partial charge is 0.478 e. The molecule has 0 atom stereocenters. The Morgan fingerprint density at radius 2 is 2.24 bits per heavy atom. The molecule has 2 aromatic rings. The molecule has 0 fully saturated rings. The van der Waals surface area contributed by atoms with Gasteiger partial charge >= 0.3 is 5.97 Å². The third-order valence-electron chi connectivity index (χ3n) is 2.37. The molecule has 2 rings (SSSR count). The Bertz CT molecular complexity index is 579. The molecule has 1 aromatic heterocycles. The fraction of sp³-hybridized carbons (Fsp3) is 0.0769. The van der Waals surface area contributed by atoms with Gasteiger partial charge in [-0.2, -0.15) is 0 Å². The average Bonchev–Trinajstić information content (AvgIpc) is 2.35. The van der Waals surface area contributed by atoms with Gasteiger partial charge in [0, 0.05) is 11.9 Å². The van der Waals surface area contributed by atoms with Crippen molar-refractivity contribution in [3.8, 4) is 0 Å². The summed E-state index contributed by atoms with van der Waals surface area (Å²) in [6.45, 7) is 4.05. The highest BCUT2D eigenvalue weighted by Gasteiger charge is 2.12. The molecule has 0 amide bonds. The molecule has 0 aliphatic heterocycles.